The quantitative estimate of drug-likeness (QED) is 0.478. The van der Waals surface area contributed by atoms with Gasteiger partial charge in [0, 0.05) is 0 Å². The lowest BCUT2D eigenvalue weighted by Gasteiger charge is -2.00. The number of hydrogen-bond acceptors (Lipinski definition) is 0. The van der Waals surface area contributed by atoms with E-state index in [1.54, 1.807) is 0 Å². The van der Waals surface area contributed by atoms with E-state index in [0.29, 0.717) is 0 Å². The fourth-order valence-corrected chi connectivity index (χ4v) is 1.93. The van der Waals surface area contributed by atoms with Gasteiger partial charge >= 0.3 is 0 Å². The predicted octanol–water partition coefficient (Wildman–Crippen LogP) is 1.65. The van der Waals surface area contributed by atoms with Crippen molar-refractivity contribution >= 4 is 34.9 Å². The summed E-state index contributed by atoms with van der Waals surface area (Å²) < 4.78 is 0. The van der Waals surface area contributed by atoms with Crippen LogP contribution in [0, 0.1) is 0 Å². The molecule has 0 fully saturated rings. The highest BCUT2D eigenvalue weighted by Gasteiger charge is 1.94. The molecule has 0 aliphatic heterocycles. The summed E-state index contributed by atoms with van der Waals surface area (Å²) in [5.74, 6) is 0. The summed E-state index contributed by atoms with van der Waals surface area (Å²) in [6, 6.07) is 10.4. The van der Waals surface area contributed by atoms with Gasteiger partial charge in [0.25, 0.3) is 0 Å². The van der Waals surface area contributed by atoms with Gasteiger partial charge in [-0.15, -0.1) is 0 Å². The Labute approximate surface area is 65.5 Å². The molecule has 0 amide bonds. The van der Waals surface area contributed by atoms with Gasteiger partial charge in [0.15, 0.2) is 7.57 Å². The Bertz CT molecular complexity index is 176. The second-order valence-electron chi connectivity index (χ2n) is 1.81. The van der Waals surface area contributed by atoms with Crippen molar-refractivity contribution in [1.29, 1.82) is 0 Å². The zero-order valence-electron chi connectivity index (χ0n) is 5.21. The van der Waals surface area contributed by atoms with Crippen molar-refractivity contribution in [2.75, 3.05) is 0 Å². The molecule has 0 N–H and O–H groups in total. The fourth-order valence-electron chi connectivity index (χ4n) is 0.633. The maximum Gasteiger partial charge on any atom is 0.153 e. The van der Waals surface area contributed by atoms with Gasteiger partial charge in [-0.25, -0.2) is 0 Å². The lowest BCUT2D eigenvalue weighted by molar-refractivity contribution is 1.78. The fraction of sp³-hybridized carbons (Fsp3) is 0. The summed E-state index contributed by atoms with van der Waals surface area (Å²) in [5.41, 5.74) is 0. The van der Waals surface area contributed by atoms with Crippen LogP contribution < -0.4 is 5.30 Å². The van der Waals surface area contributed by atoms with Crippen molar-refractivity contribution in [1.82, 2.24) is 0 Å². The SMILES string of the molecule is BP(Br)c1ccccc1. The van der Waals surface area contributed by atoms with Gasteiger partial charge in [-0.05, 0) is 5.30 Å². The molecule has 1 rings (SSSR count). The molecule has 0 aromatic heterocycles. The lowest BCUT2D eigenvalue weighted by atomic mass is 10.4. The van der Waals surface area contributed by atoms with Crippen LogP contribution in [-0.4, -0.2) is 7.57 Å². The molecule has 0 heterocycles. The monoisotopic (exact) mass is 200 g/mol. The van der Waals surface area contributed by atoms with E-state index in [0.717, 1.165) is 0 Å². The Balaban J connectivity index is 2.85. The summed E-state index contributed by atoms with van der Waals surface area (Å²) in [6.07, 6.45) is 0. The molecule has 0 saturated carbocycles. The van der Waals surface area contributed by atoms with Gasteiger partial charge in [0.2, 0.25) is 0 Å². The highest BCUT2D eigenvalue weighted by Crippen LogP contribution is 2.36. The largest absolute Gasteiger partial charge is 0.153 e. The predicted molar refractivity (Wildman–Crippen MR) is 50.5 cm³/mol. The summed E-state index contributed by atoms with van der Waals surface area (Å²) in [7, 11) is 2.19. The molecule has 0 nitrogen and oxygen atoms in total. The number of hydrogen-bond donors (Lipinski definition) is 0. The average molecular weight is 201 g/mol. The number of rotatable bonds is 1. The molecule has 0 radical (unpaired) electrons. The van der Waals surface area contributed by atoms with Gasteiger partial charge in [-0.2, -0.15) is 0 Å². The Kier molecular flexibility index (Phi) is 2.75. The first-order valence-electron chi connectivity index (χ1n) is 2.75. The van der Waals surface area contributed by atoms with E-state index in [-0.39, 0.29) is 6.50 Å². The van der Waals surface area contributed by atoms with Crippen molar-refractivity contribution in [3.05, 3.63) is 30.3 Å². The van der Waals surface area contributed by atoms with Crippen LogP contribution in [0.25, 0.3) is 0 Å². The minimum atomic E-state index is -0.0831. The van der Waals surface area contributed by atoms with Crippen LogP contribution in [0.3, 0.4) is 0 Å². The molecule has 1 atom stereocenters. The molecule has 0 bridgehead atoms. The first kappa shape index (κ1) is 7.30. The van der Waals surface area contributed by atoms with E-state index in [4.69, 9.17) is 0 Å². The van der Waals surface area contributed by atoms with E-state index >= 15 is 0 Å². The maximum atomic E-state index is 3.55. The third-order valence-corrected chi connectivity index (χ3v) is 3.35. The first-order valence-corrected chi connectivity index (χ1v) is 6.56. The maximum absolute atomic E-state index is 3.55. The first-order chi connectivity index (χ1) is 4.30. The molecular weight excluding hydrogens is 194 g/mol. The highest BCUT2D eigenvalue weighted by molar-refractivity contribution is 9.42. The van der Waals surface area contributed by atoms with Crippen LogP contribution >= 0.6 is 22.0 Å². The minimum absolute atomic E-state index is 0.0831. The van der Waals surface area contributed by atoms with Crippen LogP contribution in [0.2, 0.25) is 0 Å². The topological polar surface area (TPSA) is 0 Å². The molecule has 0 spiro atoms. The Morgan fingerprint density at radius 2 is 1.78 bits per heavy atom. The average Bonchev–Trinajstić information content (AvgIpc) is 1.90. The summed E-state index contributed by atoms with van der Waals surface area (Å²) >= 11 is 3.55. The molecule has 9 heavy (non-hydrogen) atoms. The Hall–Kier alpha value is 0.195. The van der Waals surface area contributed by atoms with Crippen molar-refractivity contribution in [2.24, 2.45) is 0 Å². The van der Waals surface area contributed by atoms with E-state index < -0.39 is 0 Å². The van der Waals surface area contributed by atoms with Gasteiger partial charge in [0.05, 0.1) is 0 Å². The summed E-state index contributed by atoms with van der Waals surface area (Å²) in [4.78, 5) is 0. The number of benzene rings is 1. The zero-order chi connectivity index (χ0) is 6.69. The van der Waals surface area contributed by atoms with Gasteiger partial charge in [-0.1, -0.05) is 52.3 Å². The summed E-state index contributed by atoms with van der Waals surface area (Å²) in [6.45, 7) is -0.0831. The zero-order valence-corrected chi connectivity index (χ0v) is 7.69. The van der Waals surface area contributed by atoms with E-state index in [9.17, 15) is 0 Å². The van der Waals surface area contributed by atoms with Gasteiger partial charge < -0.3 is 0 Å². The van der Waals surface area contributed by atoms with Crippen LogP contribution in [0.15, 0.2) is 30.3 Å². The second kappa shape index (κ2) is 3.38. The normalized spacial score (nSPS) is 13.0. The van der Waals surface area contributed by atoms with Crippen LogP contribution in [-0.2, 0) is 0 Å². The molecule has 0 saturated heterocycles. The third-order valence-electron chi connectivity index (χ3n) is 1.11. The van der Waals surface area contributed by atoms with Crippen LogP contribution in [0.1, 0.15) is 0 Å². The molecule has 46 valence electrons. The standard InChI is InChI=1S/C6H7BBrP/c7-9(8)6-4-2-1-3-5-6/h1-5H,7H2. The second-order valence-corrected chi connectivity index (χ2v) is 6.48. The highest BCUT2D eigenvalue weighted by atomic mass is 79.9. The van der Waals surface area contributed by atoms with Crippen molar-refractivity contribution < 1.29 is 0 Å². The summed E-state index contributed by atoms with van der Waals surface area (Å²) in [5, 5.41) is 1.40. The van der Waals surface area contributed by atoms with Crippen molar-refractivity contribution in [3.63, 3.8) is 0 Å². The van der Waals surface area contributed by atoms with Crippen LogP contribution in [0.5, 0.6) is 0 Å². The number of halogens is 1. The minimum Gasteiger partial charge on any atom is -0.0667 e. The van der Waals surface area contributed by atoms with Crippen molar-refractivity contribution in [2.45, 2.75) is 0 Å². The van der Waals surface area contributed by atoms with Crippen LogP contribution in [0.4, 0.5) is 0 Å². The molecule has 1 unspecified atom stereocenters. The smallest absolute Gasteiger partial charge is 0.0667 e. The molecule has 3 heteroatoms. The van der Waals surface area contributed by atoms with Gasteiger partial charge in [-0.3, -0.25) is 0 Å². The molecule has 0 aliphatic carbocycles. The van der Waals surface area contributed by atoms with Gasteiger partial charge in [0.1, 0.15) is 0 Å². The van der Waals surface area contributed by atoms with E-state index in [1.807, 2.05) is 6.07 Å². The Morgan fingerprint density at radius 1 is 1.22 bits per heavy atom. The van der Waals surface area contributed by atoms with Crippen molar-refractivity contribution in [3.8, 4) is 0 Å². The molecule has 1 aromatic carbocycles. The molecule has 0 aliphatic rings. The Morgan fingerprint density at radius 3 is 2.11 bits per heavy atom. The van der Waals surface area contributed by atoms with E-state index in [2.05, 4.69) is 47.3 Å². The lowest BCUT2D eigenvalue weighted by Crippen LogP contribution is -1.93. The molecule has 1 aromatic rings. The third kappa shape index (κ3) is 2.11. The van der Waals surface area contributed by atoms with E-state index in [1.165, 1.54) is 5.30 Å². The molecular formula is C6H7BBrP.